The molecule has 0 unspecified atom stereocenters. The fraction of sp³-hybridized carbons (Fsp3) is 0.927. The van der Waals surface area contributed by atoms with Gasteiger partial charge in [0.1, 0.15) is 0 Å². The summed E-state index contributed by atoms with van der Waals surface area (Å²) in [5.74, 6) is 0.0265. The van der Waals surface area contributed by atoms with Gasteiger partial charge in [0.2, 0.25) is 0 Å². The Balaban J connectivity index is 3.17. The molecule has 2 heteroatoms. The number of hydrogen-bond acceptors (Lipinski definition) is 2. The van der Waals surface area contributed by atoms with E-state index in [2.05, 4.69) is 26.0 Å². The van der Waals surface area contributed by atoms with Crippen LogP contribution in [0, 0.1) is 0 Å². The first-order valence-corrected chi connectivity index (χ1v) is 20.1. The highest BCUT2D eigenvalue weighted by Gasteiger charge is 2.03. The average Bonchev–Trinajstić information content (AvgIpc) is 3.01. The van der Waals surface area contributed by atoms with E-state index in [9.17, 15) is 4.79 Å². The molecule has 0 saturated heterocycles. The van der Waals surface area contributed by atoms with Crippen molar-refractivity contribution in [2.24, 2.45) is 0 Å². The Morgan fingerprint density at radius 2 is 0.651 bits per heavy atom. The maximum Gasteiger partial charge on any atom is 0.305 e. The molecule has 0 N–H and O–H groups in total. The van der Waals surface area contributed by atoms with Gasteiger partial charge in [-0.1, -0.05) is 206 Å². The van der Waals surface area contributed by atoms with Crippen molar-refractivity contribution in [1.29, 1.82) is 0 Å². The molecular formula is C41H80O2. The molecule has 0 bridgehead atoms. The molecular weight excluding hydrogens is 524 g/mol. The molecule has 0 aliphatic heterocycles. The fourth-order valence-electron chi connectivity index (χ4n) is 6.13. The Hall–Kier alpha value is -0.790. The fourth-order valence-corrected chi connectivity index (χ4v) is 6.13. The first-order chi connectivity index (χ1) is 21.3. The van der Waals surface area contributed by atoms with Crippen LogP contribution in [0.1, 0.15) is 239 Å². The lowest BCUT2D eigenvalue weighted by molar-refractivity contribution is -0.143. The van der Waals surface area contributed by atoms with Crippen molar-refractivity contribution in [3.63, 3.8) is 0 Å². The highest BCUT2D eigenvalue weighted by atomic mass is 16.5. The molecule has 0 rings (SSSR count). The van der Waals surface area contributed by atoms with Crippen molar-refractivity contribution >= 4 is 5.97 Å². The minimum absolute atomic E-state index is 0.0265. The topological polar surface area (TPSA) is 26.3 Å². The van der Waals surface area contributed by atoms with E-state index in [1.807, 2.05) is 0 Å². The predicted octanol–water partition coefficient (Wildman–Crippen LogP) is 14.8. The van der Waals surface area contributed by atoms with Gasteiger partial charge in [-0.25, -0.2) is 0 Å². The number of carbonyl (C=O) groups is 1. The van der Waals surface area contributed by atoms with Gasteiger partial charge >= 0.3 is 5.97 Å². The SMILES string of the molecule is CCCCCCCCC=CCCCCCCCCCCCCCC(=O)OCCCCCCCCCCCCCCCCC. The van der Waals surface area contributed by atoms with Crippen LogP contribution in [-0.4, -0.2) is 12.6 Å². The van der Waals surface area contributed by atoms with Crippen molar-refractivity contribution in [3.05, 3.63) is 12.2 Å². The molecule has 0 aliphatic carbocycles. The second kappa shape index (κ2) is 39.2. The predicted molar refractivity (Wildman–Crippen MR) is 193 cm³/mol. The number of ether oxygens (including phenoxy) is 1. The number of hydrogen-bond donors (Lipinski definition) is 0. The molecule has 0 aromatic heterocycles. The van der Waals surface area contributed by atoms with E-state index in [0.29, 0.717) is 13.0 Å². The number of esters is 1. The maximum atomic E-state index is 12.0. The molecule has 0 aromatic carbocycles. The highest BCUT2D eigenvalue weighted by molar-refractivity contribution is 5.69. The van der Waals surface area contributed by atoms with Crippen molar-refractivity contribution in [1.82, 2.24) is 0 Å². The standard InChI is InChI=1S/C41H80O2/c1-3-5-7-9-11-13-15-17-19-20-21-22-23-24-25-27-29-31-33-35-37-39-41(42)43-40-38-36-34-32-30-28-26-18-16-14-12-10-8-6-4-2/h17,19H,3-16,18,20-40H2,1-2H3. The summed E-state index contributed by atoms with van der Waals surface area (Å²) in [7, 11) is 0. The number of carbonyl (C=O) groups excluding carboxylic acids is 1. The molecule has 2 nitrogen and oxygen atoms in total. The van der Waals surface area contributed by atoms with Crippen molar-refractivity contribution in [2.45, 2.75) is 239 Å². The van der Waals surface area contributed by atoms with Crippen LogP contribution in [0.5, 0.6) is 0 Å². The van der Waals surface area contributed by atoms with E-state index in [0.717, 1.165) is 12.8 Å². The van der Waals surface area contributed by atoms with Gasteiger partial charge in [0, 0.05) is 6.42 Å². The molecule has 0 amide bonds. The van der Waals surface area contributed by atoms with Crippen LogP contribution >= 0.6 is 0 Å². The quantitative estimate of drug-likeness (QED) is 0.0400. The summed E-state index contributed by atoms with van der Waals surface area (Å²) in [5, 5.41) is 0. The van der Waals surface area contributed by atoms with Crippen LogP contribution in [0.2, 0.25) is 0 Å². The van der Waals surface area contributed by atoms with Gasteiger partial charge in [0.05, 0.1) is 6.61 Å². The molecule has 43 heavy (non-hydrogen) atoms. The van der Waals surface area contributed by atoms with Crippen LogP contribution in [0.3, 0.4) is 0 Å². The molecule has 0 saturated carbocycles. The van der Waals surface area contributed by atoms with Crippen molar-refractivity contribution in [2.75, 3.05) is 6.61 Å². The van der Waals surface area contributed by atoms with Gasteiger partial charge in [-0.2, -0.15) is 0 Å². The maximum absolute atomic E-state index is 12.0. The van der Waals surface area contributed by atoms with Gasteiger partial charge in [0.25, 0.3) is 0 Å². The summed E-state index contributed by atoms with van der Waals surface area (Å²) in [6.07, 6.45) is 51.5. The summed E-state index contributed by atoms with van der Waals surface area (Å²) in [6, 6.07) is 0. The summed E-state index contributed by atoms with van der Waals surface area (Å²) in [6.45, 7) is 5.21. The second-order valence-corrected chi connectivity index (χ2v) is 13.6. The van der Waals surface area contributed by atoms with Gasteiger partial charge < -0.3 is 4.74 Å². The zero-order valence-corrected chi connectivity index (χ0v) is 29.9. The normalized spacial score (nSPS) is 11.6. The molecule has 0 aromatic rings. The second-order valence-electron chi connectivity index (χ2n) is 13.6. The Kier molecular flexibility index (Phi) is 38.5. The number of unbranched alkanes of at least 4 members (excludes halogenated alkanes) is 31. The Morgan fingerprint density at radius 3 is 1.00 bits per heavy atom. The van der Waals surface area contributed by atoms with E-state index in [1.54, 1.807) is 0 Å². The summed E-state index contributed by atoms with van der Waals surface area (Å²) < 4.78 is 5.46. The number of allylic oxidation sites excluding steroid dienone is 2. The van der Waals surface area contributed by atoms with E-state index >= 15 is 0 Å². The van der Waals surface area contributed by atoms with Gasteiger partial charge in [-0.15, -0.1) is 0 Å². The van der Waals surface area contributed by atoms with Gasteiger partial charge in [-0.05, 0) is 38.5 Å². The minimum Gasteiger partial charge on any atom is -0.466 e. The largest absolute Gasteiger partial charge is 0.466 e. The third-order valence-electron chi connectivity index (χ3n) is 9.15. The van der Waals surface area contributed by atoms with Gasteiger partial charge in [0.15, 0.2) is 0 Å². The van der Waals surface area contributed by atoms with Crippen LogP contribution in [-0.2, 0) is 9.53 Å². The smallest absolute Gasteiger partial charge is 0.305 e. The minimum atomic E-state index is 0.0265. The zero-order valence-electron chi connectivity index (χ0n) is 29.9. The van der Waals surface area contributed by atoms with E-state index < -0.39 is 0 Å². The Bertz CT molecular complexity index is 540. The first-order valence-electron chi connectivity index (χ1n) is 20.1. The monoisotopic (exact) mass is 605 g/mol. The lowest BCUT2D eigenvalue weighted by Gasteiger charge is -2.06. The molecule has 0 aliphatic rings. The molecule has 0 fully saturated rings. The summed E-state index contributed by atoms with van der Waals surface area (Å²) in [4.78, 5) is 12.0. The summed E-state index contributed by atoms with van der Waals surface area (Å²) >= 11 is 0. The molecule has 0 atom stereocenters. The lowest BCUT2D eigenvalue weighted by Crippen LogP contribution is -2.05. The summed E-state index contributed by atoms with van der Waals surface area (Å²) in [5.41, 5.74) is 0. The lowest BCUT2D eigenvalue weighted by atomic mass is 10.0. The molecule has 256 valence electrons. The third kappa shape index (κ3) is 39.2. The molecule has 0 radical (unpaired) electrons. The Labute approximate surface area is 272 Å². The number of rotatable bonds is 37. The van der Waals surface area contributed by atoms with Crippen molar-refractivity contribution < 1.29 is 9.53 Å². The highest BCUT2D eigenvalue weighted by Crippen LogP contribution is 2.15. The first kappa shape index (κ1) is 42.2. The molecule has 0 spiro atoms. The van der Waals surface area contributed by atoms with Crippen LogP contribution in [0.15, 0.2) is 12.2 Å². The average molecular weight is 605 g/mol. The van der Waals surface area contributed by atoms with Crippen molar-refractivity contribution in [3.8, 4) is 0 Å². The molecule has 0 heterocycles. The van der Waals surface area contributed by atoms with Crippen LogP contribution in [0.4, 0.5) is 0 Å². The zero-order chi connectivity index (χ0) is 31.2. The van der Waals surface area contributed by atoms with Gasteiger partial charge in [-0.3, -0.25) is 4.79 Å². The van der Waals surface area contributed by atoms with E-state index in [4.69, 9.17) is 4.74 Å². The Morgan fingerprint density at radius 1 is 0.372 bits per heavy atom. The van der Waals surface area contributed by atoms with Crippen LogP contribution < -0.4 is 0 Å². The van der Waals surface area contributed by atoms with Crippen LogP contribution in [0.25, 0.3) is 0 Å². The van der Waals surface area contributed by atoms with E-state index in [1.165, 1.54) is 205 Å². The van der Waals surface area contributed by atoms with E-state index in [-0.39, 0.29) is 5.97 Å². The third-order valence-corrected chi connectivity index (χ3v) is 9.15.